The van der Waals surface area contributed by atoms with E-state index < -0.39 is 6.10 Å². The van der Waals surface area contributed by atoms with Gasteiger partial charge >= 0.3 is 5.13 Å². The first-order chi connectivity index (χ1) is 13.7. The summed E-state index contributed by atoms with van der Waals surface area (Å²) in [5.41, 5.74) is 2.17. The quantitative estimate of drug-likeness (QED) is 0.413. The molecule has 11 heteroatoms. The summed E-state index contributed by atoms with van der Waals surface area (Å²) < 4.78 is 1.64. The number of nitrogens with zero attached hydrogens (tertiary/aromatic N) is 6. The van der Waals surface area contributed by atoms with Crippen molar-refractivity contribution in [3.05, 3.63) is 18.2 Å². The Bertz CT molecular complexity index is 867. The monoisotopic (exact) mass is 455 g/mol. The van der Waals surface area contributed by atoms with Crippen LogP contribution in [0.3, 0.4) is 0 Å². The average Bonchev–Trinajstić information content (AvgIpc) is 3.04. The Morgan fingerprint density at radius 3 is 2.50 bits per heavy atom. The summed E-state index contributed by atoms with van der Waals surface area (Å²) in [5, 5.41) is 27.1. The van der Waals surface area contributed by atoms with Gasteiger partial charge in [0.05, 0.1) is 16.9 Å². The van der Waals surface area contributed by atoms with Crippen LogP contribution in [0.5, 0.6) is 0 Å². The van der Waals surface area contributed by atoms with Gasteiger partial charge in [-0.15, -0.1) is 4.68 Å². The molecule has 30 heavy (non-hydrogen) atoms. The SMILES string of the molecule is CCN(CC)c1ccc(N=Nc2sc(N(C)C)n[n+]2CC(C)O)c(NC(C)=O)c1.[Cl-]. The summed E-state index contributed by atoms with van der Waals surface area (Å²) in [7, 11) is 3.79. The van der Waals surface area contributed by atoms with E-state index in [1.54, 1.807) is 11.6 Å². The molecule has 0 fully saturated rings. The Morgan fingerprint density at radius 2 is 1.97 bits per heavy atom. The number of aliphatic hydroxyl groups excluding tert-OH is 1. The number of amides is 1. The molecule has 166 valence electrons. The molecule has 2 aromatic rings. The lowest BCUT2D eigenvalue weighted by atomic mass is 10.2. The third-order valence-corrected chi connectivity index (χ3v) is 5.20. The minimum absolute atomic E-state index is 0. The predicted octanol–water partition coefficient (Wildman–Crippen LogP) is 0.101. The second-order valence-electron chi connectivity index (χ2n) is 6.85. The minimum atomic E-state index is -0.561. The molecule has 1 amide bonds. The van der Waals surface area contributed by atoms with Crippen LogP contribution in [0.25, 0.3) is 0 Å². The number of rotatable bonds is 9. The van der Waals surface area contributed by atoms with Gasteiger partial charge in [0.15, 0.2) is 0 Å². The van der Waals surface area contributed by atoms with Crippen LogP contribution in [-0.4, -0.2) is 49.4 Å². The van der Waals surface area contributed by atoms with Crippen LogP contribution >= 0.6 is 11.3 Å². The smallest absolute Gasteiger partial charge is 0.432 e. The fraction of sp³-hybridized carbons (Fsp3) is 0.526. The second kappa shape index (κ2) is 11.8. The first-order valence-electron chi connectivity index (χ1n) is 9.59. The number of aliphatic hydroxyl groups is 1. The number of aromatic nitrogens is 2. The Morgan fingerprint density at radius 1 is 1.30 bits per heavy atom. The van der Waals surface area contributed by atoms with Gasteiger partial charge in [-0.1, -0.05) is 5.10 Å². The molecule has 1 heterocycles. The highest BCUT2D eigenvalue weighted by atomic mass is 35.5. The highest BCUT2D eigenvalue weighted by molar-refractivity contribution is 7.18. The average molecular weight is 456 g/mol. The number of nitrogens with one attached hydrogen (secondary N) is 1. The summed E-state index contributed by atoms with van der Waals surface area (Å²) in [6.07, 6.45) is -0.561. The van der Waals surface area contributed by atoms with E-state index in [9.17, 15) is 9.90 Å². The van der Waals surface area contributed by atoms with Crippen molar-refractivity contribution in [2.45, 2.75) is 40.3 Å². The van der Waals surface area contributed by atoms with Crippen LogP contribution < -0.4 is 32.2 Å². The molecule has 2 N–H and O–H groups in total. The molecule has 1 aromatic heterocycles. The number of carbonyl (C=O) groups is 1. The maximum Gasteiger partial charge on any atom is 0.432 e. The van der Waals surface area contributed by atoms with Gasteiger partial charge in [-0.3, -0.25) is 4.79 Å². The zero-order valence-corrected chi connectivity index (χ0v) is 19.8. The van der Waals surface area contributed by atoms with E-state index >= 15 is 0 Å². The van der Waals surface area contributed by atoms with Gasteiger partial charge in [-0.2, -0.15) is 0 Å². The minimum Gasteiger partial charge on any atom is -1.00 e. The van der Waals surface area contributed by atoms with Crippen LogP contribution in [0, 0.1) is 0 Å². The zero-order valence-electron chi connectivity index (χ0n) is 18.3. The zero-order chi connectivity index (χ0) is 21.6. The first kappa shape index (κ1) is 25.7. The van der Waals surface area contributed by atoms with Crippen molar-refractivity contribution in [3.8, 4) is 0 Å². The maximum absolute atomic E-state index is 11.7. The summed E-state index contributed by atoms with van der Waals surface area (Å²) in [4.78, 5) is 15.7. The molecular weight excluding hydrogens is 426 g/mol. The van der Waals surface area contributed by atoms with Crippen molar-refractivity contribution in [2.24, 2.45) is 10.2 Å². The molecule has 9 nitrogen and oxygen atoms in total. The van der Waals surface area contributed by atoms with Crippen molar-refractivity contribution in [2.75, 3.05) is 42.3 Å². The maximum atomic E-state index is 11.7. The molecule has 2 rings (SSSR count). The van der Waals surface area contributed by atoms with Gasteiger partial charge in [-0.25, -0.2) is 0 Å². The van der Waals surface area contributed by atoms with Gasteiger partial charge in [0, 0.05) is 39.8 Å². The second-order valence-corrected chi connectivity index (χ2v) is 7.78. The van der Waals surface area contributed by atoms with Crippen LogP contribution in [0.2, 0.25) is 0 Å². The molecule has 0 bridgehead atoms. The summed E-state index contributed by atoms with van der Waals surface area (Å²) in [6.45, 7) is 9.38. The third-order valence-electron chi connectivity index (χ3n) is 4.09. The van der Waals surface area contributed by atoms with Crippen LogP contribution in [0.15, 0.2) is 28.4 Å². The van der Waals surface area contributed by atoms with Crippen molar-refractivity contribution in [1.29, 1.82) is 0 Å². The number of halogens is 1. The summed E-state index contributed by atoms with van der Waals surface area (Å²) in [6, 6.07) is 5.72. The predicted molar refractivity (Wildman–Crippen MR) is 117 cm³/mol. The van der Waals surface area contributed by atoms with E-state index in [4.69, 9.17) is 0 Å². The van der Waals surface area contributed by atoms with Crippen molar-refractivity contribution in [3.63, 3.8) is 0 Å². The van der Waals surface area contributed by atoms with Crippen molar-refractivity contribution >= 4 is 44.6 Å². The van der Waals surface area contributed by atoms with Crippen molar-refractivity contribution in [1.82, 2.24) is 5.10 Å². The Hall–Kier alpha value is -2.30. The van der Waals surface area contributed by atoms with E-state index in [0.29, 0.717) is 23.1 Å². The molecule has 1 aromatic carbocycles. The Kier molecular flexibility index (Phi) is 10.1. The standard InChI is InChI=1S/C19H29N7O2S.ClH/c1-7-25(8-2)15-9-10-16(17(11-15)20-14(4)28)21-22-18-26(12-13(3)27)23-19(29-18)24(5)6;/h9-11,13,27H,7-8,12H2,1-6H3;1H. The van der Waals surface area contributed by atoms with Crippen molar-refractivity contribution < 1.29 is 27.0 Å². The lowest BCUT2D eigenvalue weighted by Gasteiger charge is -2.21. The van der Waals surface area contributed by atoms with E-state index in [-0.39, 0.29) is 18.3 Å². The molecule has 0 aliphatic rings. The van der Waals surface area contributed by atoms with Crippen LogP contribution in [0.1, 0.15) is 27.7 Å². The normalized spacial score (nSPS) is 11.8. The van der Waals surface area contributed by atoms with Crippen LogP contribution in [0.4, 0.5) is 27.3 Å². The highest BCUT2D eigenvalue weighted by Gasteiger charge is 2.22. The molecule has 0 saturated carbocycles. The number of hydrogen-bond donors (Lipinski definition) is 2. The van der Waals surface area contributed by atoms with E-state index in [1.165, 1.54) is 18.3 Å². The largest absolute Gasteiger partial charge is 1.00 e. The fourth-order valence-electron chi connectivity index (χ4n) is 2.71. The summed E-state index contributed by atoms with van der Waals surface area (Å²) >= 11 is 1.37. The molecular formula is C19H30ClN7O2S. The molecule has 1 atom stereocenters. The number of carbonyl (C=O) groups excluding carboxylic acids is 1. The van der Waals surface area contributed by atoms with Gasteiger partial charge < -0.3 is 32.6 Å². The van der Waals surface area contributed by atoms with E-state index in [2.05, 4.69) is 39.4 Å². The van der Waals surface area contributed by atoms with Crippen LogP contribution in [-0.2, 0) is 11.3 Å². The number of azo groups is 1. The van der Waals surface area contributed by atoms with Gasteiger partial charge in [0.2, 0.25) is 11.0 Å². The number of anilines is 3. The fourth-order valence-corrected chi connectivity index (χ4v) is 3.49. The van der Waals surface area contributed by atoms with E-state index in [1.807, 2.05) is 37.2 Å². The topological polar surface area (TPSA) is 97.3 Å². The first-order valence-corrected chi connectivity index (χ1v) is 10.4. The number of hydrogen-bond acceptors (Lipinski definition) is 8. The highest BCUT2D eigenvalue weighted by Crippen LogP contribution is 2.32. The Labute approximate surface area is 187 Å². The third kappa shape index (κ3) is 6.89. The Balaban J connectivity index is 0.00000450. The molecule has 0 spiro atoms. The molecule has 1 unspecified atom stereocenters. The number of benzene rings is 1. The molecule has 0 saturated heterocycles. The van der Waals surface area contributed by atoms with Gasteiger partial charge in [0.25, 0.3) is 0 Å². The van der Waals surface area contributed by atoms with Gasteiger partial charge in [0.1, 0.15) is 12.2 Å². The molecule has 0 aliphatic heterocycles. The summed E-state index contributed by atoms with van der Waals surface area (Å²) in [5.74, 6) is -0.171. The lowest BCUT2D eigenvalue weighted by molar-refractivity contribution is -0.741. The lowest BCUT2D eigenvalue weighted by Crippen LogP contribution is -3.00. The van der Waals surface area contributed by atoms with Gasteiger partial charge in [-0.05, 0) is 55.4 Å². The molecule has 0 aliphatic carbocycles. The molecule has 0 radical (unpaired) electrons. The van der Waals surface area contributed by atoms with E-state index in [0.717, 1.165) is 23.9 Å².